The normalized spacial score (nSPS) is 10.6. The maximum absolute atomic E-state index is 11.3. The van der Waals surface area contributed by atoms with Crippen LogP contribution < -0.4 is 11.1 Å². The summed E-state index contributed by atoms with van der Waals surface area (Å²) < 4.78 is 6.21. The smallest absolute Gasteiger partial charge is 0.339 e. The number of esters is 1. The lowest BCUT2D eigenvalue weighted by Gasteiger charge is -2.08. The summed E-state index contributed by atoms with van der Waals surface area (Å²) in [6, 6.07) is 0. The number of rotatable bonds is 4. The summed E-state index contributed by atoms with van der Waals surface area (Å²) in [7, 11) is 1.53. The highest BCUT2D eigenvalue weighted by molar-refractivity contribution is 7.99. The second kappa shape index (κ2) is 5.67. The highest BCUT2D eigenvalue weighted by Gasteiger charge is 2.10. The van der Waals surface area contributed by atoms with Gasteiger partial charge >= 0.3 is 17.1 Å². The van der Waals surface area contributed by atoms with Gasteiger partial charge in [-0.2, -0.15) is 4.98 Å². The summed E-state index contributed by atoms with van der Waals surface area (Å²) in [5, 5.41) is 2.54. The molecule has 0 atom stereocenters. The Balaban J connectivity index is 2.70. The zero-order valence-electron chi connectivity index (χ0n) is 9.72. The molecule has 0 saturated heterocycles. The van der Waals surface area contributed by atoms with Crippen LogP contribution in [0.5, 0.6) is 0 Å². The molecular formula is C9H13N3O4S. The van der Waals surface area contributed by atoms with Gasteiger partial charge in [-0.15, -0.1) is 0 Å². The lowest BCUT2D eigenvalue weighted by Crippen LogP contribution is -2.34. The lowest BCUT2D eigenvalue weighted by atomic mass is 10.5. The first-order chi connectivity index (χ1) is 7.90. The fourth-order valence-electron chi connectivity index (χ4n) is 1.01. The number of nitrogens with zero attached hydrogens (tertiary/aromatic N) is 2. The van der Waals surface area contributed by atoms with Gasteiger partial charge in [-0.1, -0.05) is 11.8 Å². The monoisotopic (exact) mass is 259 g/mol. The number of hydrogen-bond donors (Lipinski definition) is 1. The van der Waals surface area contributed by atoms with E-state index >= 15 is 0 Å². The first-order valence-corrected chi connectivity index (χ1v) is 5.88. The first kappa shape index (κ1) is 13.5. The van der Waals surface area contributed by atoms with Crippen LogP contribution in [-0.2, 0) is 16.6 Å². The molecule has 0 bridgehead atoms. The number of ether oxygens (including phenoxy) is 1. The van der Waals surface area contributed by atoms with Crippen molar-refractivity contribution in [3.05, 3.63) is 20.7 Å². The molecule has 0 aromatic carbocycles. The summed E-state index contributed by atoms with van der Waals surface area (Å²) in [6.45, 7) is 3.49. The van der Waals surface area contributed by atoms with Crippen molar-refractivity contribution in [1.82, 2.24) is 14.8 Å². The van der Waals surface area contributed by atoms with Gasteiger partial charge in [-0.25, -0.2) is 0 Å². The van der Waals surface area contributed by atoms with Crippen LogP contribution in [0.3, 0.4) is 0 Å². The Morgan fingerprint density at radius 3 is 2.76 bits per heavy atom. The van der Waals surface area contributed by atoms with Crippen molar-refractivity contribution in [2.24, 2.45) is 7.05 Å². The van der Waals surface area contributed by atoms with Gasteiger partial charge < -0.3 is 4.74 Å². The van der Waals surface area contributed by atoms with E-state index < -0.39 is 17.1 Å². The van der Waals surface area contributed by atoms with Gasteiger partial charge in [-0.3, -0.25) is 24.2 Å². The third kappa shape index (κ3) is 4.06. The number of carbonyl (C=O) groups is 1. The van der Waals surface area contributed by atoms with Crippen molar-refractivity contribution in [2.45, 2.75) is 25.1 Å². The number of aromatic nitrogens is 3. The second-order valence-corrected chi connectivity index (χ2v) is 4.47. The quantitative estimate of drug-likeness (QED) is 0.445. The van der Waals surface area contributed by atoms with Crippen molar-refractivity contribution < 1.29 is 9.53 Å². The molecule has 0 aliphatic rings. The summed E-state index contributed by atoms with van der Waals surface area (Å²) in [4.78, 5) is 36.7. The molecule has 7 nitrogen and oxygen atoms in total. The number of H-pyrrole nitrogens is 1. The fourth-order valence-corrected chi connectivity index (χ4v) is 1.71. The molecule has 0 aliphatic heterocycles. The molecule has 0 saturated carbocycles. The standard InChI is InChI=1S/C9H13N3O4S/c1-5(2)16-6(13)4-17-9-10-7(14)8(15)11-12(9)3/h5H,4H2,1-3H3,(H,11,15). The molecule has 1 aromatic rings. The van der Waals surface area contributed by atoms with Crippen molar-refractivity contribution >= 4 is 17.7 Å². The Kier molecular flexibility index (Phi) is 4.50. The summed E-state index contributed by atoms with van der Waals surface area (Å²) in [5.74, 6) is -0.365. The van der Waals surface area contributed by atoms with Gasteiger partial charge in [-0.05, 0) is 13.8 Å². The van der Waals surface area contributed by atoms with E-state index in [9.17, 15) is 14.4 Å². The molecule has 17 heavy (non-hydrogen) atoms. The van der Waals surface area contributed by atoms with Crippen LogP contribution in [0, 0.1) is 0 Å². The number of hydrogen-bond acceptors (Lipinski definition) is 6. The SMILES string of the molecule is CC(C)OC(=O)CSc1nc(=O)c(=O)[nH]n1C. The molecule has 0 aliphatic carbocycles. The molecule has 0 radical (unpaired) electrons. The topological polar surface area (TPSA) is 94.1 Å². The van der Waals surface area contributed by atoms with Gasteiger partial charge in [0.2, 0.25) is 0 Å². The van der Waals surface area contributed by atoms with Gasteiger partial charge in [0.25, 0.3) is 0 Å². The average molecular weight is 259 g/mol. The number of thioether (sulfide) groups is 1. The summed E-state index contributed by atoms with van der Waals surface area (Å²) in [5.41, 5.74) is -1.66. The Morgan fingerprint density at radius 2 is 2.18 bits per heavy atom. The van der Waals surface area contributed by atoms with E-state index in [1.807, 2.05) is 0 Å². The Hall–Kier alpha value is -1.57. The third-order valence-electron chi connectivity index (χ3n) is 1.63. The largest absolute Gasteiger partial charge is 0.462 e. The van der Waals surface area contributed by atoms with Crippen LogP contribution in [0.15, 0.2) is 14.7 Å². The number of aromatic amines is 1. The Morgan fingerprint density at radius 1 is 1.53 bits per heavy atom. The maximum atomic E-state index is 11.3. The van der Waals surface area contributed by atoms with Crippen molar-refractivity contribution in [3.63, 3.8) is 0 Å². The van der Waals surface area contributed by atoms with Crippen LogP contribution in [0.2, 0.25) is 0 Å². The van der Waals surface area contributed by atoms with Gasteiger partial charge in [0.05, 0.1) is 11.9 Å². The van der Waals surface area contributed by atoms with E-state index in [0.717, 1.165) is 11.8 Å². The second-order valence-electron chi connectivity index (χ2n) is 3.53. The van der Waals surface area contributed by atoms with E-state index in [2.05, 4.69) is 10.1 Å². The molecule has 94 valence electrons. The number of nitrogens with one attached hydrogen (secondary N) is 1. The molecule has 0 amide bonds. The van der Waals surface area contributed by atoms with Crippen LogP contribution >= 0.6 is 11.8 Å². The Bertz CT molecular complexity index is 520. The van der Waals surface area contributed by atoms with Gasteiger partial charge in [0, 0.05) is 7.05 Å². The minimum absolute atomic E-state index is 0.0322. The molecule has 0 fully saturated rings. The maximum Gasteiger partial charge on any atom is 0.339 e. The zero-order valence-corrected chi connectivity index (χ0v) is 10.5. The highest BCUT2D eigenvalue weighted by Crippen LogP contribution is 2.11. The van der Waals surface area contributed by atoms with Crippen LogP contribution in [0.4, 0.5) is 0 Å². The number of carbonyl (C=O) groups excluding carboxylic acids is 1. The molecular weight excluding hydrogens is 246 g/mol. The van der Waals surface area contributed by atoms with E-state index in [0.29, 0.717) is 0 Å². The summed E-state index contributed by atoms with van der Waals surface area (Å²) >= 11 is 1.03. The molecule has 1 aromatic heterocycles. The molecule has 0 unspecified atom stereocenters. The zero-order chi connectivity index (χ0) is 13.0. The van der Waals surface area contributed by atoms with Crippen LogP contribution in [0.1, 0.15) is 13.8 Å². The predicted molar refractivity (Wildman–Crippen MR) is 62.1 cm³/mol. The average Bonchev–Trinajstić information content (AvgIpc) is 2.20. The van der Waals surface area contributed by atoms with Crippen molar-refractivity contribution in [1.29, 1.82) is 0 Å². The minimum atomic E-state index is -0.872. The number of aryl methyl sites for hydroxylation is 1. The van der Waals surface area contributed by atoms with E-state index in [-0.39, 0.29) is 17.0 Å². The third-order valence-corrected chi connectivity index (χ3v) is 2.64. The lowest BCUT2D eigenvalue weighted by molar-refractivity contribution is -0.144. The predicted octanol–water partition coefficient (Wildman–Crippen LogP) is -0.488. The van der Waals surface area contributed by atoms with Gasteiger partial charge in [0.15, 0.2) is 5.16 Å². The van der Waals surface area contributed by atoms with Gasteiger partial charge in [0.1, 0.15) is 0 Å². The van der Waals surface area contributed by atoms with E-state index in [1.165, 1.54) is 11.7 Å². The van der Waals surface area contributed by atoms with E-state index in [1.54, 1.807) is 13.8 Å². The molecule has 8 heteroatoms. The van der Waals surface area contributed by atoms with E-state index in [4.69, 9.17) is 4.74 Å². The highest BCUT2D eigenvalue weighted by atomic mass is 32.2. The van der Waals surface area contributed by atoms with Crippen LogP contribution in [-0.4, -0.2) is 32.6 Å². The fraction of sp³-hybridized carbons (Fsp3) is 0.556. The molecule has 1 heterocycles. The summed E-state index contributed by atoms with van der Waals surface area (Å²) in [6.07, 6.45) is -0.185. The van der Waals surface area contributed by atoms with Crippen molar-refractivity contribution in [3.8, 4) is 0 Å². The molecule has 1 N–H and O–H groups in total. The Labute approximate surface area is 101 Å². The minimum Gasteiger partial charge on any atom is -0.462 e. The molecule has 0 spiro atoms. The first-order valence-electron chi connectivity index (χ1n) is 4.89. The molecule has 1 rings (SSSR count). The van der Waals surface area contributed by atoms with Crippen molar-refractivity contribution in [2.75, 3.05) is 5.75 Å². The van der Waals surface area contributed by atoms with Crippen LogP contribution in [0.25, 0.3) is 0 Å².